The second-order valence-electron chi connectivity index (χ2n) is 13.0. The van der Waals surface area contributed by atoms with Crippen molar-refractivity contribution in [3.05, 3.63) is 35.4 Å². The normalized spacial score (nSPS) is 21.6. The van der Waals surface area contributed by atoms with Gasteiger partial charge in [-0.3, -0.25) is 28.8 Å². The van der Waals surface area contributed by atoms with Crippen LogP contribution >= 0.6 is 0 Å². The Labute approximate surface area is 268 Å². The van der Waals surface area contributed by atoms with E-state index < -0.39 is 107 Å². The van der Waals surface area contributed by atoms with Crippen molar-refractivity contribution < 1.29 is 55.5 Å². The Morgan fingerprint density at radius 3 is 2.19 bits per heavy atom. The monoisotopic (exact) mass is 674 g/mol. The Morgan fingerprint density at radius 1 is 1.04 bits per heavy atom. The van der Waals surface area contributed by atoms with E-state index in [-0.39, 0.29) is 19.4 Å². The van der Waals surface area contributed by atoms with E-state index in [0.29, 0.717) is 13.0 Å². The van der Waals surface area contributed by atoms with E-state index >= 15 is 0 Å². The zero-order valence-corrected chi connectivity index (χ0v) is 26.6. The number of carbonyl (C=O) groups excluding carboxylic acids is 6. The fourth-order valence-electron chi connectivity index (χ4n) is 5.64. The molecule has 2 aliphatic rings. The van der Waals surface area contributed by atoms with Gasteiger partial charge in [0.05, 0.1) is 23.8 Å². The first kappa shape index (κ1) is 37.5. The summed E-state index contributed by atoms with van der Waals surface area (Å²) in [6.45, 7) is 7.68. The molecule has 0 saturated carbocycles. The molecule has 1 aromatic carbocycles. The van der Waals surface area contributed by atoms with Gasteiger partial charge in [0.25, 0.3) is 0 Å². The second-order valence-corrected chi connectivity index (χ2v) is 13.0. The number of nitrogens with zero attached hydrogens (tertiary/aromatic N) is 1. The van der Waals surface area contributed by atoms with Crippen molar-refractivity contribution in [3.8, 4) is 0 Å². The van der Waals surface area contributed by atoms with Gasteiger partial charge < -0.3 is 25.6 Å². The van der Waals surface area contributed by atoms with E-state index in [2.05, 4.69) is 10.6 Å². The number of ether oxygens (including phenoxy) is 1. The van der Waals surface area contributed by atoms with E-state index in [1.807, 2.05) is 0 Å². The van der Waals surface area contributed by atoms with Crippen LogP contribution in [-0.4, -0.2) is 89.7 Å². The van der Waals surface area contributed by atoms with E-state index in [1.54, 1.807) is 19.2 Å². The molecule has 16 heteroatoms. The summed E-state index contributed by atoms with van der Waals surface area (Å²) in [5, 5.41) is 6.69. The summed E-state index contributed by atoms with van der Waals surface area (Å²) < 4.78 is 74.2. The Kier molecular flexibility index (Phi) is 11.9. The lowest BCUT2D eigenvalue weighted by molar-refractivity contribution is -0.176. The van der Waals surface area contributed by atoms with E-state index in [0.717, 1.165) is 23.1 Å². The average molecular weight is 675 g/mol. The molecule has 2 saturated heterocycles. The molecule has 0 bridgehead atoms. The Morgan fingerprint density at radius 2 is 1.66 bits per heavy atom. The maximum absolute atomic E-state index is 14.5. The van der Waals surface area contributed by atoms with Gasteiger partial charge in [0, 0.05) is 25.4 Å². The molecule has 3 N–H and O–H groups in total. The first-order chi connectivity index (χ1) is 21.7. The van der Waals surface area contributed by atoms with Gasteiger partial charge in [0.1, 0.15) is 23.7 Å². The number of amides is 4. The molecule has 0 radical (unpaired) electrons. The van der Waals surface area contributed by atoms with Gasteiger partial charge in [-0.2, -0.15) is 13.2 Å². The van der Waals surface area contributed by atoms with Crippen LogP contribution in [0.15, 0.2) is 18.2 Å². The number of rotatable bonds is 11. The van der Waals surface area contributed by atoms with Crippen molar-refractivity contribution >= 4 is 35.2 Å². The van der Waals surface area contributed by atoms with Gasteiger partial charge in [0.15, 0.2) is 0 Å². The number of Topliss-reactive ketones (excluding diaryl/α,β-unsaturated/α-hetero) is 2. The Hall–Kier alpha value is -3.95. The van der Waals surface area contributed by atoms with E-state index in [4.69, 9.17) is 4.74 Å². The Bertz CT molecular complexity index is 1370. The number of hydrogen-bond acceptors (Lipinski definition) is 7. The number of benzene rings is 1. The minimum Gasteiger partial charge on any atom is -0.374 e. The molecule has 3 rings (SSSR count). The molecule has 2 heterocycles. The third-order valence-corrected chi connectivity index (χ3v) is 7.93. The summed E-state index contributed by atoms with van der Waals surface area (Å²) in [5.41, 5.74) is -2.42. The zero-order chi connectivity index (χ0) is 35.4. The molecule has 2 aliphatic heterocycles. The maximum Gasteiger partial charge on any atom is 0.471 e. The number of nitrogens with one attached hydrogen (secondary N) is 3. The number of piperidine rings is 1. The first-order valence-corrected chi connectivity index (χ1v) is 15.2. The summed E-state index contributed by atoms with van der Waals surface area (Å²) in [4.78, 5) is 79.5. The summed E-state index contributed by atoms with van der Waals surface area (Å²) in [5.74, 6) is -11.4. The smallest absolute Gasteiger partial charge is 0.374 e. The van der Waals surface area contributed by atoms with Crippen LogP contribution in [0.25, 0.3) is 0 Å². The van der Waals surface area contributed by atoms with Crippen molar-refractivity contribution in [2.45, 2.75) is 96.8 Å². The topological polar surface area (TPSA) is 151 Å². The molecular weight excluding hydrogens is 635 g/mol. The Balaban J connectivity index is 1.97. The van der Waals surface area contributed by atoms with Gasteiger partial charge in [-0.1, -0.05) is 26.8 Å². The van der Waals surface area contributed by atoms with Gasteiger partial charge >= 0.3 is 12.1 Å². The molecule has 3 unspecified atom stereocenters. The summed E-state index contributed by atoms with van der Waals surface area (Å²) in [6, 6.07) is -2.46. The molecule has 260 valence electrons. The van der Waals surface area contributed by atoms with Gasteiger partial charge in [0.2, 0.25) is 29.3 Å². The number of halogens is 5. The average Bonchev–Trinajstić information content (AvgIpc) is 3.37. The number of alkyl halides is 3. The number of hydrogen-bond donors (Lipinski definition) is 3. The first-order valence-electron chi connectivity index (χ1n) is 15.2. The van der Waals surface area contributed by atoms with Crippen molar-refractivity contribution in [2.24, 2.45) is 11.3 Å². The minimum absolute atomic E-state index is 0.180. The highest BCUT2D eigenvalue weighted by atomic mass is 19.4. The predicted octanol–water partition coefficient (Wildman–Crippen LogP) is 2.61. The maximum atomic E-state index is 14.5. The molecule has 0 spiro atoms. The van der Waals surface area contributed by atoms with Crippen molar-refractivity contribution in [3.63, 3.8) is 0 Å². The molecule has 4 amide bonds. The molecule has 2 fully saturated rings. The standard InChI is InChI=1S/C31H39F5N4O7/c1-15(2)47-17-13-21(40(14-17)28(45)25(30(3,4)5)39-29(46)31(34,35)36)27(44)38-20(12-16-8-7-11-37-26(16)43)23(41)24(42)22-18(32)9-6-10-19(22)33/h6,9-10,15-17,20-21,25H,7-8,11-14H2,1-5H3,(H,37,43)(H,38,44)(H,39,46)/t16?,17-,20?,21?,25-/m1/s1. The quantitative estimate of drug-likeness (QED) is 0.186. The van der Waals surface area contributed by atoms with Crippen LogP contribution in [0.2, 0.25) is 0 Å². The SMILES string of the molecule is CC(C)O[C@@H]1CC(C(=O)NC(CC2CCCNC2=O)C(=O)C(=O)c2c(F)cccc2F)N(C(=O)[C@@H](NC(=O)C(F)(F)F)C(C)(C)C)C1. The summed E-state index contributed by atoms with van der Waals surface area (Å²) in [7, 11) is 0. The van der Waals surface area contributed by atoms with Crippen LogP contribution in [0.5, 0.6) is 0 Å². The van der Waals surface area contributed by atoms with Crippen LogP contribution in [0.4, 0.5) is 22.0 Å². The van der Waals surface area contributed by atoms with E-state index in [1.165, 1.54) is 20.8 Å². The van der Waals surface area contributed by atoms with Crippen LogP contribution < -0.4 is 16.0 Å². The van der Waals surface area contributed by atoms with Crippen LogP contribution in [0.3, 0.4) is 0 Å². The molecule has 5 atom stereocenters. The van der Waals surface area contributed by atoms with E-state index in [9.17, 15) is 50.7 Å². The number of likely N-dealkylation sites (tertiary alicyclic amines) is 1. The fraction of sp³-hybridized carbons (Fsp3) is 0.613. The third kappa shape index (κ3) is 9.32. The molecule has 11 nitrogen and oxygen atoms in total. The lowest BCUT2D eigenvalue weighted by Gasteiger charge is -2.35. The number of carbonyl (C=O) groups is 6. The molecule has 1 aromatic rings. The highest BCUT2D eigenvalue weighted by molar-refractivity contribution is 6.45. The second kappa shape index (κ2) is 14.9. The highest BCUT2D eigenvalue weighted by Crippen LogP contribution is 2.29. The molecule has 0 aliphatic carbocycles. The van der Waals surface area contributed by atoms with Gasteiger partial charge in [-0.05, 0) is 50.7 Å². The van der Waals surface area contributed by atoms with Crippen molar-refractivity contribution in [2.75, 3.05) is 13.1 Å². The van der Waals surface area contributed by atoms with Crippen molar-refractivity contribution in [1.29, 1.82) is 0 Å². The zero-order valence-electron chi connectivity index (χ0n) is 26.6. The van der Waals surface area contributed by atoms with Crippen LogP contribution in [0.1, 0.15) is 70.7 Å². The third-order valence-electron chi connectivity index (χ3n) is 7.93. The molecule has 47 heavy (non-hydrogen) atoms. The molecule has 0 aromatic heterocycles. The predicted molar refractivity (Wildman–Crippen MR) is 156 cm³/mol. The number of ketones is 2. The minimum atomic E-state index is -5.31. The lowest BCUT2D eigenvalue weighted by Crippen LogP contribution is -2.60. The highest BCUT2D eigenvalue weighted by Gasteiger charge is 2.49. The molecular formula is C31H39F5N4O7. The van der Waals surface area contributed by atoms with Crippen molar-refractivity contribution in [1.82, 2.24) is 20.9 Å². The largest absolute Gasteiger partial charge is 0.471 e. The summed E-state index contributed by atoms with van der Waals surface area (Å²) >= 11 is 0. The fourth-order valence-corrected chi connectivity index (χ4v) is 5.64. The van der Waals surface area contributed by atoms with Crippen LogP contribution in [-0.2, 0) is 28.7 Å². The summed E-state index contributed by atoms with van der Waals surface area (Å²) in [6.07, 6.45) is -6.30. The van der Waals surface area contributed by atoms with Gasteiger partial charge in [-0.25, -0.2) is 8.78 Å². The van der Waals surface area contributed by atoms with Gasteiger partial charge in [-0.15, -0.1) is 0 Å². The van der Waals surface area contributed by atoms with Crippen LogP contribution in [0, 0.1) is 23.0 Å². The lowest BCUT2D eigenvalue weighted by atomic mass is 9.85.